The van der Waals surface area contributed by atoms with Crippen molar-refractivity contribution in [1.82, 2.24) is 9.88 Å². The lowest BCUT2D eigenvalue weighted by atomic mass is 9.80. The van der Waals surface area contributed by atoms with Crippen molar-refractivity contribution < 1.29 is 9.53 Å². The molecule has 2 atom stereocenters. The number of nitrogens with zero attached hydrogens (tertiary/aromatic N) is 2. The molecule has 0 saturated carbocycles. The van der Waals surface area contributed by atoms with Gasteiger partial charge >= 0.3 is 0 Å². The van der Waals surface area contributed by atoms with Crippen LogP contribution in [0.4, 0.5) is 0 Å². The number of benzene rings is 1. The fourth-order valence-electron chi connectivity index (χ4n) is 4.18. The van der Waals surface area contributed by atoms with E-state index in [1.165, 1.54) is 5.56 Å². The fourth-order valence-corrected chi connectivity index (χ4v) is 4.18. The molecule has 0 amide bonds. The number of ketones is 1. The van der Waals surface area contributed by atoms with E-state index in [4.69, 9.17) is 4.74 Å². The van der Waals surface area contributed by atoms with E-state index in [0.717, 1.165) is 43.7 Å². The number of fused-ring (bicyclic) bond motifs is 2. The third-order valence-electron chi connectivity index (χ3n) is 5.41. The van der Waals surface area contributed by atoms with Gasteiger partial charge in [-0.3, -0.25) is 14.7 Å². The van der Waals surface area contributed by atoms with Crippen LogP contribution in [0.15, 0.2) is 48.8 Å². The van der Waals surface area contributed by atoms with E-state index >= 15 is 0 Å². The van der Waals surface area contributed by atoms with Crippen LogP contribution in [0.3, 0.4) is 0 Å². The molecule has 2 saturated heterocycles. The van der Waals surface area contributed by atoms with Crippen molar-refractivity contribution in [1.29, 1.82) is 0 Å². The van der Waals surface area contributed by atoms with Gasteiger partial charge in [0.25, 0.3) is 0 Å². The molecule has 2 aromatic rings. The van der Waals surface area contributed by atoms with Crippen molar-refractivity contribution in [3.8, 4) is 0 Å². The van der Waals surface area contributed by atoms with Crippen LogP contribution in [-0.4, -0.2) is 41.0 Å². The first-order chi connectivity index (χ1) is 12.2. The number of rotatable bonds is 4. The Kier molecular flexibility index (Phi) is 4.64. The average molecular weight is 336 g/mol. The number of hydrogen-bond acceptors (Lipinski definition) is 4. The molecule has 2 aliphatic rings. The highest BCUT2D eigenvalue weighted by molar-refractivity contribution is 5.97. The maximum Gasteiger partial charge on any atom is 0.167 e. The van der Waals surface area contributed by atoms with Gasteiger partial charge in [-0.2, -0.15) is 0 Å². The van der Waals surface area contributed by atoms with Crippen LogP contribution in [0.25, 0.3) is 0 Å². The minimum absolute atomic E-state index is 0.0783. The van der Waals surface area contributed by atoms with E-state index in [-0.39, 0.29) is 11.7 Å². The van der Waals surface area contributed by atoms with Gasteiger partial charge in [0.1, 0.15) is 0 Å². The minimum atomic E-state index is 0.0783. The summed E-state index contributed by atoms with van der Waals surface area (Å²) in [5.74, 6) is 0.321. The molecule has 25 heavy (non-hydrogen) atoms. The number of pyridine rings is 1. The lowest BCUT2D eigenvalue weighted by Crippen LogP contribution is -2.57. The molecule has 4 heteroatoms. The van der Waals surface area contributed by atoms with E-state index < -0.39 is 0 Å². The Balaban J connectivity index is 1.50. The Labute approximate surface area is 148 Å². The van der Waals surface area contributed by atoms with Gasteiger partial charge in [0.05, 0.1) is 13.2 Å². The summed E-state index contributed by atoms with van der Waals surface area (Å²) in [5, 5.41) is 0. The van der Waals surface area contributed by atoms with Crippen LogP contribution in [0, 0.1) is 12.8 Å². The first-order valence-electron chi connectivity index (χ1n) is 9.04. The van der Waals surface area contributed by atoms with Gasteiger partial charge in [-0.1, -0.05) is 30.3 Å². The lowest BCUT2D eigenvalue weighted by molar-refractivity contribution is -0.0872. The van der Waals surface area contributed by atoms with Crippen molar-refractivity contribution in [2.75, 3.05) is 13.2 Å². The second-order valence-corrected chi connectivity index (χ2v) is 7.29. The fraction of sp³-hybridized carbons (Fsp3) is 0.429. The Morgan fingerprint density at radius 1 is 1.16 bits per heavy atom. The van der Waals surface area contributed by atoms with E-state index in [9.17, 15) is 4.79 Å². The van der Waals surface area contributed by atoms with Crippen LogP contribution >= 0.6 is 0 Å². The summed E-state index contributed by atoms with van der Waals surface area (Å²) in [7, 11) is 0. The predicted molar refractivity (Wildman–Crippen MR) is 96.4 cm³/mol. The monoisotopic (exact) mass is 336 g/mol. The number of Topliss-reactive ketones (excluding diaryl/α,β-unsaturated/α-hetero) is 1. The molecule has 0 aliphatic carbocycles. The predicted octanol–water partition coefficient (Wildman–Crippen LogP) is 3.25. The van der Waals surface area contributed by atoms with Crippen molar-refractivity contribution in [3.05, 3.63) is 65.5 Å². The lowest BCUT2D eigenvalue weighted by Gasteiger charge is -2.48. The summed E-state index contributed by atoms with van der Waals surface area (Å²) >= 11 is 0. The van der Waals surface area contributed by atoms with Crippen LogP contribution in [0.1, 0.15) is 34.3 Å². The molecule has 2 unspecified atom stereocenters. The largest absolute Gasteiger partial charge is 0.378 e. The third-order valence-corrected chi connectivity index (χ3v) is 5.41. The molecule has 130 valence electrons. The van der Waals surface area contributed by atoms with Gasteiger partial charge in [0.2, 0.25) is 0 Å². The van der Waals surface area contributed by atoms with E-state index in [2.05, 4.69) is 34.1 Å². The zero-order chi connectivity index (χ0) is 17.2. The maximum atomic E-state index is 12.9. The first kappa shape index (κ1) is 16.4. The standard InChI is InChI=1S/C21H24N2O2/c1-15-7-18(11-22-10-15)21(24)17-8-19-13-25-14-20(9-17)23(19)12-16-5-3-2-4-6-16/h2-7,10-11,17,19-20H,8-9,12-14H2,1H3. The van der Waals surface area contributed by atoms with Crippen molar-refractivity contribution in [3.63, 3.8) is 0 Å². The maximum absolute atomic E-state index is 12.9. The van der Waals surface area contributed by atoms with Crippen LogP contribution < -0.4 is 0 Å². The highest BCUT2D eigenvalue weighted by atomic mass is 16.5. The summed E-state index contributed by atoms with van der Waals surface area (Å²) in [6.07, 6.45) is 5.24. The first-order valence-corrected chi connectivity index (χ1v) is 9.04. The van der Waals surface area contributed by atoms with Crippen LogP contribution in [-0.2, 0) is 11.3 Å². The van der Waals surface area contributed by atoms with E-state index in [0.29, 0.717) is 12.1 Å². The highest BCUT2D eigenvalue weighted by Crippen LogP contribution is 2.34. The topological polar surface area (TPSA) is 42.4 Å². The van der Waals surface area contributed by atoms with Crippen LogP contribution in [0.2, 0.25) is 0 Å². The van der Waals surface area contributed by atoms with Gasteiger partial charge in [0.15, 0.2) is 5.78 Å². The Morgan fingerprint density at radius 3 is 2.56 bits per heavy atom. The summed E-state index contributed by atoms with van der Waals surface area (Å²) in [6, 6.07) is 13.2. The van der Waals surface area contributed by atoms with Gasteiger partial charge in [-0.15, -0.1) is 0 Å². The second kappa shape index (κ2) is 7.06. The number of carbonyl (C=O) groups excluding carboxylic acids is 1. The molecular formula is C21H24N2O2. The Hall–Kier alpha value is -2.04. The summed E-state index contributed by atoms with van der Waals surface area (Å²) in [6.45, 7) is 4.36. The average Bonchev–Trinajstić information content (AvgIpc) is 2.62. The number of piperidine rings is 1. The zero-order valence-corrected chi connectivity index (χ0v) is 14.6. The molecule has 1 aromatic carbocycles. The molecule has 1 aromatic heterocycles. The Morgan fingerprint density at radius 2 is 1.88 bits per heavy atom. The van der Waals surface area contributed by atoms with E-state index in [1.807, 2.05) is 19.1 Å². The Bertz CT molecular complexity index is 733. The molecule has 0 radical (unpaired) electrons. The zero-order valence-electron chi connectivity index (χ0n) is 14.6. The molecule has 0 N–H and O–H groups in total. The van der Waals surface area contributed by atoms with Gasteiger partial charge in [-0.25, -0.2) is 0 Å². The van der Waals surface area contributed by atoms with Crippen LogP contribution in [0.5, 0.6) is 0 Å². The molecule has 3 heterocycles. The summed E-state index contributed by atoms with van der Waals surface area (Å²) in [4.78, 5) is 19.7. The highest BCUT2D eigenvalue weighted by Gasteiger charge is 2.41. The van der Waals surface area contributed by atoms with Gasteiger partial charge < -0.3 is 4.74 Å². The molecule has 2 bridgehead atoms. The number of aryl methyl sites for hydroxylation is 1. The smallest absolute Gasteiger partial charge is 0.167 e. The number of carbonyl (C=O) groups is 1. The number of hydrogen-bond donors (Lipinski definition) is 0. The summed E-state index contributed by atoms with van der Waals surface area (Å²) < 4.78 is 5.79. The third kappa shape index (κ3) is 3.51. The second-order valence-electron chi connectivity index (χ2n) is 7.29. The van der Waals surface area contributed by atoms with Crippen molar-refractivity contribution in [2.45, 2.75) is 38.4 Å². The number of ether oxygens (including phenoxy) is 1. The SMILES string of the molecule is Cc1cncc(C(=O)C2CC3COCC(C2)N3Cc2ccccc2)c1. The minimum Gasteiger partial charge on any atom is -0.378 e. The van der Waals surface area contributed by atoms with Crippen molar-refractivity contribution >= 4 is 5.78 Å². The molecule has 4 rings (SSSR count). The molecule has 2 fully saturated rings. The molecule has 2 aliphatic heterocycles. The van der Waals surface area contributed by atoms with Crippen molar-refractivity contribution in [2.24, 2.45) is 5.92 Å². The quantitative estimate of drug-likeness (QED) is 0.804. The molecular weight excluding hydrogens is 312 g/mol. The summed E-state index contributed by atoms with van der Waals surface area (Å²) in [5.41, 5.74) is 3.11. The number of morpholine rings is 1. The normalized spacial score (nSPS) is 26.4. The van der Waals surface area contributed by atoms with Gasteiger partial charge in [-0.05, 0) is 37.0 Å². The van der Waals surface area contributed by atoms with E-state index in [1.54, 1.807) is 12.4 Å². The van der Waals surface area contributed by atoms with Gasteiger partial charge in [0, 0.05) is 42.5 Å². The number of aromatic nitrogens is 1. The molecule has 4 nitrogen and oxygen atoms in total. The molecule has 0 spiro atoms.